The first-order valence-electron chi connectivity index (χ1n) is 16.9. The number of rotatable bonds is 12. The van der Waals surface area contributed by atoms with Crippen molar-refractivity contribution >= 4 is 46.3 Å². The fourth-order valence-corrected chi connectivity index (χ4v) is 5.92. The van der Waals surface area contributed by atoms with E-state index in [1.165, 1.54) is 0 Å². The number of ether oxygens (including phenoxy) is 2. The Morgan fingerprint density at radius 3 is 1.92 bits per heavy atom. The number of anilines is 1. The van der Waals surface area contributed by atoms with Crippen molar-refractivity contribution in [3.8, 4) is 11.3 Å². The maximum absolute atomic E-state index is 12.8. The quantitative estimate of drug-likeness (QED) is 0.203. The van der Waals surface area contributed by atoms with Gasteiger partial charge in [0.25, 0.3) is 0 Å². The highest BCUT2D eigenvalue weighted by atomic mass is 32.1. The Kier molecular flexibility index (Phi) is 15.8. The lowest BCUT2D eigenvalue weighted by molar-refractivity contribution is -0.158. The summed E-state index contributed by atoms with van der Waals surface area (Å²) in [7, 11) is 0. The summed E-state index contributed by atoms with van der Waals surface area (Å²) in [5.41, 5.74) is 0.337. The van der Waals surface area contributed by atoms with Gasteiger partial charge in [0.05, 0.1) is 18.8 Å². The Hall–Kier alpha value is -3.87. The Morgan fingerprint density at radius 1 is 0.857 bits per heavy atom. The van der Waals surface area contributed by atoms with Crippen LogP contribution < -0.4 is 10.6 Å². The predicted molar refractivity (Wildman–Crippen MR) is 189 cm³/mol. The predicted octanol–water partition coefficient (Wildman–Crippen LogP) is 6.65. The van der Waals surface area contributed by atoms with E-state index in [9.17, 15) is 29.1 Å². The molecule has 1 aromatic heterocycles. The smallest absolute Gasteiger partial charge is 0.326 e. The van der Waals surface area contributed by atoms with Gasteiger partial charge in [-0.2, -0.15) is 0 Å². The maximum Gasteiger partial charge on any atom is 0.326 e. The summed E-state index contributed by atoms with van der Waals surface area (Å²) in [6.45, 7) is 16.2. The molecule has 0 saturated heterocycles. The summed E-state index contributed by atoms with van der Waals surface area (Å²) in [4.78, 5) is 60.4. The summed E-state index contributed by atoms with van der Waals surface area (Å²) in [6, 6.07) is 8.67. The van der Waals surface area contributed by atoms with Crippen LogP contribution in [0, 0.1) is 23.7 Å². The summed E-state index contributed by atoms with van der Waals surface area (Å²) >= 11 is 1.12. The largest absolute Gasteiger partial charge is 0.480 e. The van der Waals surface area contributed by atoms with E-state index in [4.69, 9.17) is 9.47 Å². The summed E-state index contributed by atoms with van der Waals surface area (Å²) in [6.07, 6.45) is 4.73. The molecule has 1 aliphatic rings. The molecular formula is C36H54N4O8S. The number of aromatic nitrogens is 2. The van der Waals surface area contributed by atoms with E-state index in [2.05, 4.69) is 20.2 Å². The number of carboxylic acid groups (broad SMARTS) is 1. The number of carbonyl (C=O) groups excluding carboxylic acids is 4. The lowest BCUT2D eigenvalue weighted by Crippen LogP contribution is -2.48. The van der Waals surface area contributed by atoms with Gasteiger partial charge in [-0.1, -0.05) is 74.9 Å². The van der Waals surface area contributed by atoms with Gasteiger partial charge in [0.15, 0.2) is 0 Å². The first kappa shape index (κ1) is 41.3. The second kappa shape index (κ2) is 18.8. The van der Waals surface area contributed by atoms with Crippen LogP contribution in [-0.2, 0) is 33.4 Å². The molecule has 2 amide bonds. The third kappa shape index (κ3) is 15.1. The number of nitrogens with zero attached hydrogens (tertiary/aromatic N) is 2. The number of esters is 2. The van der Waals surface area contributed by atoms with Crippen molar-refractivity contribution in [1.29, 1.82) is 0 Å². The fraction of sp³-hybridized carbons (Fsp3) is 0.639. The molecule has 49 heavy (non-hydrogen) atoms. The Morgan fingerprint density at radius 2 is 1.41 bits per heavy atom. The van der Waals surface area contributed by atoms with Gasteiger partial charge in [-0.25, -0.2) is 4.79 Å². The van der Waals surface area contributed by atoms with E-state index in [0.717, 1.165) is 49.2 Å². The summed E-state index contributed by atoms with van der Waals surface area (Å²) in [5.74, 6) is -3.62. The van der Waals surface area contributed by atoms with Crippen LogP contribution in [0.15, 0.2) is 30.3 Å². The lowest BCUT2D eigenvalue weighted by atomic mass is 9.83. The molecule has 1 saturated carbocycles. The van der Waals surface area contributed by atoms with Gasteiger partial charge in [0.2, 0.25) is 11.8 Å². The second-order valence-electron chi connectivity index (χ2n) is 14.9. The molecule has 0 aliphatic heterocycles. The molecule has 3 rings (SSSR count). The van der Waals surface area contributed by atoms with Crippen LogP contribution in [-0.4, -0.2) is 61.7 Å². The topological polar surface area (TPSA) is 174 Å². The van der Waals surface area contributed by atoms with Gasteiger partial charge in [-0.15, -0.1) is 5.10 Å². The molecule has 1 aliphatic carbocycles. The van der Waals surface area contributed by atoms with Crippen LogP contribution in [0.1, 0.15) is 107 Å². The zero-order valence-electron chi connectivity index (χ0n) is 30.3. The SMILES string of the molecule is CC(C)[C@H](CC(=O)OC(C)(C)C)C(=O)Nc1snnc1-c1ccccc1.C[C@H](CC(=O)OC(C)(C)C)C(=O)N[C@H](C(=O)O)C1CCCCC1. The third-order valence-corrected chi connectivity index (χ3v) is 8.39. The summed E-state index contributed by atoms with van der Waals surface area (Å²) < 4.78 is 14.5. The van der Waals surface area contributed by atoms with Gasteiger partial charge in [-0.3, -0.25) is 19.2 Å². The zero-order chi connectivity index (χ0) is 36.9. The standard InChI is InChI=1S/C19H25N3O3S.C17H29NO5/c1-12(2)14(11-15(23)25-19(3,4)5)17(24)20-18-16(21-22-26-18)13-9-7-6-8-10-13;1-11(10-13(19)23-17(2,3)4)15(20)18-14(16(21)22)12-8-6-5-7-9-12/h6-10,12,14H,11H2,1-5H3,(H,20,24);11-12,14H,5-10H2,1-4H3,(H,18,20)(H,21,22)/t14-;11-,14+/m01/s1. The van der Waals surface area contributed by atoms with E-state index in [0.29, 0.717) is 10.7 Å². The number of hydrogen-bond donors (Lipinski definition) is 3. The van der Waals surface area contributed by atoms with Crippen LogP contribution in [0.3, 0.4) is 0 Å². The third-order valence-electron chi connectivity index (χ3n) is 7.75. The molecule has 0 spiro atoms. The van der Waals surface area contributed by atoms with Gasteiger partial charge < -0.3 is 25.2 Å². The van der Waals surface area contributed by atoms with Crippen molar-refractivity contribution in [2.75, 3.05) is 5.32 Å². The number of carboxylic acids is 1. The van der Waals surface area contributed by atoms with Crippen LogP contribution in [0.5, 0.6) is 0 Å². The highest BCUT2D eigenvalue weighted by Gasteiger charge is 2.33. The van der Waals surface area contributed by atoms with Gasteiger partial charge in [0, 0.05) is 23.0 Å². The number of hydrogen-bond acceptors (Lipinski definition) is 10. The van der Waals surface area contributed by atoms with Crippen molar-refractivity contribution in [2.24, 2.45) is 23.7 Å². The molecule has 1 fully saturated rings. The number of aliphatic carboxylic acids is 1. The van der Waals surface area contributed by atoms with Crippen LogP contribution >= 0.6 is 11.5 Å². The maximum atomic E-state index is 12.8. The van der Waals surface area contributed by atoms with Crippen LogP contribution in [0.2, 0.25) is 0 Å². The number of nitrogens with one attached hydrogen (secondary N) is 2. The highest BCUT2D eigenvalue weighted by Crippen LogP contribution is 2.30. The number of carbonyl (C=O) groups is 5. The fourth-order valence-electron chi connectivity index (χ4n) is 5.33. The van der Waals surface area contributed by atoms with E-state index in [-0.39, 0.29) is 36.6 Å². The Balaban J connectivity index is 0.000000343. The van der Waals surface area contributed by atoms with Gasteiger partial charge in [0.1, 0.15) is 27.9 Å². The molecule has 12 nitrogen and oxygen atoms in total. The van der Waals surface area contributed by atoms with Crippen molar-refractivity contribution in [3.63, 3.8) is 0 Å². The molecule has 0 unspecified atom stereocenters. The van der Waals surface area contributed by atoms with E-state index < -0.39 is 46.9 Å². The Labute approximate surface area is 294 Å². The van der Waals surface area contributed by atoms with Crippen molar-refractivity contribution in [1.82, 2.24) is 14.9 Å². The molecule has 0 bridgehead atoms. The van der Waals surface area contributed by atoms with Crippen molar-refractivity contribution in [3.05, 3.63) is 30.3 Å². The van der Waals surface area contributed by atoms with Crippen molar-refractivity contribution in [2.45, 2.75) is 125 Å². The number of benzene rings is 1. The van der Waals surface area contributed by atoms with E-state index in [1.54, 1.807) is 27.7 Å². The molecule has 13 heteroatoms. The van der Waals surface area contributed by atoms with Crippen molar-refractivity contribution < 1.29 is 38.6 Å². The molecule has 1 heterocycles. The minimum Gasteiger partial charge on any atom is -0.480 e. The molecule has 2 aromatic rings. The van der Waals surface area contributed by atoms with E-state index in [1.807, 2.05) is 65.0 Å². The molecular weight excluding hydrogens is 648 g/mol. The Bertz CT molecular complexity index is 1390. The monoisotopic (exact) mass is 702 g/mol. The molecule has 3 atom stereocenters. The zero-order valence-corrected chi connectivity index (χ0v) is 31.1. The van der Waals surface area contributed by atoms with Gasteiger partial charge in [-0.05, 0) is 66.2 Å². The van der Waals surface area contributed by atoms with Gasteiger partial charge >= 0.3 is 17.9 Å². The number of amides is 2. The first-order chi connectivity index (χ1) is 22.8. The lowest BCUT2D eigenvalue weighted by Gasteiger charge is -2.29. The van der Waals surface area contributed by atoms with E-state index >= 15 is 0 Å². The van der Waals surface area contributed by atoms with Crippen LogP contribution in [0.4, 0.5) is 5.00 Å². The molecule has 1 aromatic carbocycles. The first-order valence-corrected chi connectivity index (χ1v) is 17.7. The average molecular weight is 703 g/mol. The minimum absolute atomic E-state index is 0.0106. The second-order valence-corrected chi connectivity index (χ2v) is 15.6. The normalized spacial score (nSPS) is 15.6. The average Bonchev–Trinajstić information content (AvgIpc) is 3.45. The molecule has 3 N–H and O–H groups in total. The molecule has 0 radical (unpaired) electrons. The summed E-state index contributed by atoms with van der Waals surface area (Å²) in [5, 5.41) is 19.6. The molecule has 272 valence electrons. The van der Waals surface area contributed by atoms with Crippen LogP contribution in [0.25, 0.3) is 11.3 Å². The highest BCUT2D eigenvalue weighted by molar-refractivity contribution is 7.10. The minimum atomic E-state index is -1.00.